The lowest BCUT2D eigenvalue weighted by Gasteiger charge is -2.06. The number of hydrogen-bond acceptors (Lipinski definition) is 5. The smallest absolute Gasteiger partial charge is 0.323 e. The summed E-state index contributed by atoms with van der Waals surface area (Å²) in [5.41, 5.74) is 5.13. The highest BCUT2D eigenvalue weighted by Crippen LogP contribution is 2.05. The molecular weight excluding hydrogens is 228 g/mol. The predicted octanol–water partition coefficient (Wildman–Crippen LogP) is -1.01. The minimum atomic E-state index is -0.972. The molecule has 1 aliphatic rings. The Morgan fingerprint density at radius 2 is 2.06 bits per heavy atom. The van der Waals surface area contributed by atoms with Crippen LogP contribution in [0.2, 0.25) is 0 Å². The van der Waals surface area contributed by atoms with Crippen molar-refractivity contribution in [2.24, 2.45) is 5.73 Å². The number of hydrogen-bond donors (Lipinski definition) is 5. The molecule has 17 heavy (non-hydrogen) atoms. The van der Waals surface area contributed by atoms with Gasteiger partial charge < -0.3 is 26.4 Å². The van der Waals surface area contributed by atoms with Crippen molar-refractivity contribution in [1.82, 2.24) is 5.32 Å². The fraction of sp³-hybridized carbons (Fsp3) is 0.800. The molecule has 6 N–H and O–H groups in total. The van der Waals surface area contributed by atoms with Crippen molar-refractivity contribution in [1.29, 1.82) is 0 Å². The van der Waals surface area contributed by atoms with E-state index in [-0.39, 0.29) is 0 Å². The number of aliphatic hydroxyl groups is 1. The van der Waals surface area contributed by atoms with E-state index in [4.69, 9.17) is 21.1 Å². The first kappa shape index (κ1) is 15.8. The Balaban J connectivity index is 0.000000304. The fourth-order valence-corrected chi connectivity index (χ4v) is 1.38. The number of aliphatic hydroxyl groups excluding tert-OH is 1. The van der Waals surface area contributed by atoms with Crippen LogP contribution in [-0.2, 0) is 9.59 Å². The van der Waals surface area contributed by atoms with E-state index in [1.807, 2.05) is 6.92 Å². The Morgan fingerprint density at radius 1 is 1.47 bits per heavy atom. The van der Waals surface area contributed by atoms with Gasteiger partial charge in [0.1, 0.15) is 12.1 Å². The zero-order valence-electron chi connectivity index (χ0n) is 9.80. The van der Waals surface area contributed by atoms with E-state index in [2.05, 4.69) is 5.32 Å². The van der Waals surface area contributed by atoms with Crippen LogP contribution < -0.4 is 11.1 Å². The van der Waals surface area contributed by atoms with Crippen molar-refractivity contribution >= 4 is 11.9 Å². The highest BCUT2D eigenvalue weighted by atomic mass is 16.4. The SMILES string of the molecule is CCCC(N)C(=O)O.O=C(O)C1NCCC1O. The van der Waals surface area contributed by atoms with E-state index in [0.717, 1.165) is 6.42 Å². The molecule has 1 heterocycles. The summed E-state index contributed by atoms with van der Waals surface area (Å²) in [6.45, 7) is 2.50. The van der Waals surface area contributed by atoms with Gasteiger partial charge in [-0.15, -0.1) is 0 Å². The summed E-state index contributed by atoms with van der Waals surface area (Å²) >= 11 is 0. The number of carboxylic acids is 2. The maximum absolute atomic E-state index is 10.2. The third-order valence-corrected chi connectivity index (χ3v) is 2.37. The molecule has 0 aromatic rings. The molecule has 0 radical (unpaired) electrons. The maximum Gasteiger partial charge on any atom is 0.323 e. The molecule has 0 aromatic heterocycles. The molecule has 7 nitrogen and oxygen atoms in total. The van der Waals surface area contributed by atoms with Gasteiger partial charge in [-0.1, -0.05) is 13.3 Å². The Morgan fingerprint density at radius 3 is 2.24 bits per heavy atom. The van der Waals surface area contributed by atoms with Crippen LogP contribution in [0.15, 0.2) is 0 Å². The van der Waals surface area contributed by atoms with Crippen molar-refractivity contribution in [3.8, 4) is 0 Å². The lowest BCUT2D eigenvalue weighted by atomic mass is 10.2. The second-order valence-electron chi connectivity index (χ2n) is 3.86. The molecule has 1 fully saturated rings. The van der Waals surface area contributed by atoms with Gasteiger partial charge in [0, 0.05) is 0 Å². The van der Waals surface area contributed by atoms with Crippen molar-refractivity contribution in [3.63, 3.8) is 0 Å². The van der Waals surface area contributed by atoms with Gasteiger partial charge in [-0.25, -0.2) is 0 Å². The van der Waals surface area contributed by atoms with Gasteiger partial charge in [0.15, 0.2) is 0 Å². The topological polar surface area (TPSA) is 133 Å². The Hall–Kier alpha value is -1.18. The summed E-state index contributed by atoms with van der Waals surface area (Å²) in [7, 11) is 0. The molecular formula is C10H20N2O5. The third-order valence-electron chi connectivity index (χ3n) is 2.37. The van der Waals surface area contributed by atoms with E-state index >= 15 is 0 Å². The number of nitrogens with two attached hydrogens (primary N) is 1. The van der Waals surface area contributed by atoms with Crippen LogP contribution in [0.4, 0.5) is 0 Å². The highest BCUT2D eigenvalue weighted by molar-refractivity contribution is 5.74. The summed E-state index contributed by atoms with van der Waals surface area (Å²) in [6.07, 6.45) is 1.22. The van der Waals surface area contributed by atoms with Crippen LogP contribution in [0.25, 0.3) is 0 Å². The minimum Gasteiger partial charge on any atom is -0.480 e. The monoisotopic (exact) mass is 248 g/mol. The van der Waals surface area contributed by atoms with Gasteiger partial charge in [-0.2, -0.15) is 0 Å². The Labute approximate surface area is 99.6 Å². The zero-order chi connectivity index (χ0) is 13.4. The summed E-state index contributed by atoms with van der Waals surface area (Å²) in [6, 6.07) is -1.41. The van der Waals surface area contributed by atoms with Crippen molar-refractivity contribution in [3.05, 3.63) is 0 Å². The van der Waals surface area contributed by atoms with Gasteiger partial charge in [-0.05, 0) is 19.4 Å². The van der Waals surface area contributed by atoms with E-state index in [1.54, 1.807) is 0 Å². The van der Waals surface area contributed by atoms with E-state index in [0.29, 0.717) is 19.4 Å². The van der Waals surface area contributed by atoms with E-state index in [1.165, 1.54) is 0 Å². The number of carbonyl (C=O) groups is 2. The van der Waals surface area contributed by atoms with Crippen molar-refractivity contribution in [2.45, 2.75) is 44.4 Å². The van der Waals surface area contributed by atoms with Gasteiger partial charge in [0.05, 0.1) is 6.10 Å². The molecule has 0 aliphatic carbocycles. The van der Waals surface area contributed by atoms with Crippen LogP contribution in [0.3, 0.4) is 0 Å². The van der Waals surface area contributed by atoms with Crippen LogP contribution in [-0.4, -0.2) is 52.0 Å². The quantitative estimate of drug-likeness (QED) is 0.430. The fourth-order valence-electron chi connectivity index (χ4n) is 1.38. The molecule has 100 valence electrons. The summed E-state index contributed by atoms with van der Waals surface area (Å²) in [5, 5.41) is 28.1. The number of rotatable bonds is 4. The summed E-state index contributed by atoms with van der Waals surface area (Å²) < 4.78 is 0. The summed E-state index contributed by atoms with van der Waals surface area (Å²) in [4.78, 5) is 20.2. The molecule has 1 saturated heterocycles. The first-order valence-corrected chi connectivity index (χ1v) is 5.52. The Bertz CT molecular complexity index is 259. The molecule has 0 amide bonds. The van der Waals surface area contributed by atoms with Crippen LogP contribution in [0.1, 0.15) is 26.2 Å². The van der Waals surface area contributed by atoms with Gasteiger partial charge >= 0.3 is 11.9 Å². The second kappa shape index (κ2) is 7.99. The predicted molar refractivity (Wildman–Crippen MR) is 60.6 cm³/mol. The molecule has 7 heteroatoms. The van der Waals surface area contributed by atoms with E-state index < -0.39 is 30.1 Å². The lowest BCUT2D eigenvalue weighted by molar-refractivity contribution is -0.141. The van der Waals surface area contributed by atoms with Crippen molar-refractivity contribution in [2.75, 3.05) is 6.54 Å². The van der Waals surface area contributed by atoms with Gasteiger partial charge in [0.2, 0.25) is 0 Å². The number of aliphatic carboxylic acids is 2. The van der Waals surface area contributed by atoms with Gasteiger partial charge in [-0.3, -0.25) is 9.59 Å². The molecule has 3 unspecified atom stereocenters. The third kappa shape index (κ3) is 6.20. The van der Waals surface area contributed by atoms with Crippen LogP contribution in [0, 0.1) is 0 Å². The lowest BCUT2D eigenvalue weighted by Crippen LogP contribution is -2.38. The molecule has 3 atom stereocenters. The molecule has 0 bridgehead atoms. The average Bonchev–Trinajstić information content (AvgIpc) is 2.65. The van der Waals surface area contributed by atoms with Crippen LogP contribution in [0.5, 0.6) is 0 Å². The molecule has 0 spiro atoms. The first-order valence-electron chi connectivity index (χ1n) is 5.52. The highest BCUT2D eigenvalue weighted by Gasteiger charge is 2.30. The first-order chi connectivity index (χ1) is 7.90. The second-order valence-corrected chi connectivity index (χ2v) is 3.86. The average molecular weight is 248 g/mol. The normalized spacial score (nSPS) is 24.6. The van der Waals surface area contributed by atoms with Crippen LogP contribution >= 0.6 is 0 Å². The maximum atomic E-state index is 10.2. The van der Waals surface area contributed by atoms with Crippen molar-refractivity contribution < 1.29 is 24.9 Å². The molecule has 1 rings (SSSR count). The number of carboxylic acid groups (broad SMARTS) is 2. The number of nitrogens with one attached hydrogen (secondary N) is 1. The molecule has 1 aliphatic heterocycles. The largest absolute Gasteiger partial charge is 0.480 e. The molecule has 0 aromatic carbocycles. The van der Waals surface area contributed by atoms with Gasteiger partial charge in [0.25, 0.3) is 0 Å². The van der Waals surface area contributed by atoms with E-state index in [9.17, 15) is 9.59 Å². The minimum absolute atomic E-state index is 0.539. The zero-order valence-corrected chi connectivity index (χ0v) is 9.80. The molecule has 0 saturated carbocycles. The Kier molecular flexibility index (Phi) is 7.44. The standard InChI is InChI=1S/C5H9NO3.C5H11NO2/c7-3-1-2-6-4(3)5(8)9;1-2-3-4(6)5(7)8/h3-4,6-7H,1-2H2,(H,8,9);4H,2-3,6H2,1H3,(H,7,8). The summed E-state index contributed by atoms with van der Waals surface area (Å²) in [5.74, 6) is -1.88.